The van der Waals surface area contributed by atoms with Crippen LogP contribution in [0, 0.1) is 11.3 Å². The topological polar surface area (TPSA) is 46.2 Å². The summed E-state index contributed by atoms with van der Waals surface area (Å²) >= 11 is 0. The van der Waals surface area contributed by atoms with Crippen LogP contribution < -0.4 is 5.32 Å². The SMILES string of the molecule is CNCC(C)(CCS(C)(=O)=O)C1CC1. The predicted molar refractivity (Wildman–Crippen MR) is 59.1 cm³/mol. The molecule has 14 heavy (non-hydrogen) atoms. The van der Waals surface area contributed by atoms with Crippen LogP contribution in [0.15, 0.2) is 0 Å². The smallest absolute Gasteiger partial charge is 0.147 e. The van der Waals surface area contributed by atoms with Gasteiger partial charge in [0.2, 0.25) is 0 Å². The number of hydrogen-bond donors (Lipinski definition) is 1. The van der Waals surface area contributed by atoms with Gasteiger partial charge in [0.25, 0.3) is 0 Å². The lowest BCUT2D eigenvalue weighted by molar-refractivity contribution is 0.255. The standard InChI is InChI=1S/C10H21NO2S/c1-10(8-11-2,9-4-5-9)6-7-14(3,12)13/h9,11H,4-8H2,1-3H3. The molecule has 1 saturated carbocycles. The highest BCUT2D eigenvalue weighted by atomic mass is 32.2. The first-order chi connectivity index (χ1) is 6.37. The van der Waals surface area contributed by atoms with E-state index < -0.39 is 9.84 Å². The van der Waals surface area contributed by atoms with Gasteiger partial charge in [0, 0.05) is 12.8 Å². The van der Waals surface area contributed by atoms with Crippen LogP contribution in [0.25, 0.3) is 0 Å². The second kappa shape index (κ2) is 4.19. The Morgan fingerprint density at radius 2 is 2.00 bits per heavy atom. The van der Waals surface area contributed by atoms with Crippen LogP contribution in [0.5, 0.6) is 0 Å². The molecule has 0 spiro atoms. The summed E-state index contributed by atoms with van der Waals surface area (Å²) in [5.74, 6) is 1.05. The van der Waals surface area contributed by atoms with Crippen LogP contribution in [0.4, 0.5) is 0 Å². The molecule has 0 radical (unpaired) electrons. The Bertz CT molecular complexity index is 282. The van der Waals surface area contributed by atoms with Crippen molar-refractivity contribution in [3.63, 3.8) is 0 Å². The average molecular weight is 219 g/mol. The normalized spacial score (nSPS) is 21.9. The molecule has 0 heterocycles. The minimum atomic E-state index is -2.81. The van der Waals surface area contributed by atoms with E-state index in [9.17, 15) is 8.42 Å². The van der Waals surface area contributed by atoms with Crippen LogP contribution in [0.1, 0.15) is 26.2 Å². The van der Waals surface area contributed by atoms with Gasteiger partial charge in [-0.15, -0.1) is 0 Å². The van der Waals surface area contributed by atoms with Gasteiger partial charge in [0.1, 0.15) is 9.84 Å². The molecule has 0 aromatic carbocycles. The molecule has 1 N–H and O–H groups in total. The zero-order chi connectivity index (χ0) is 10.8. The Balaban J connectivity index is 2.51. The highest BCUT2D eigenvalue weighted by Gasteiger charge is 2.40. The lowest BCUT2D eigenvalue weighted by atomic mass is 9.82. The first kappa shape index (κ1) is 12.0. The minimum Gasteiger partial charge on any atom is -0.319 e. The first-order valence-corrected chi connectivity index (χ1v) is 7.26. The molecule has 1 unspecified atom stereocenters. The quantitative estimate of drug-likeness (QED) is 0.726. The van der Waals surface area contributed by atoms with Crippen molar-refractivity contribution in [2.75, 3.05) is 25.6 Å². The first-order valence-electron chi connectivity index (χ1n) is 5.20. The molecule has 3 nitrogen and oxygen atoms in total. The summed E-state index contributed by atoms with van der Waals surface area (Å²) in [4.78, 5) is 0. The highest BCUT2D eigenvalue weighted by molar-refractivity contribution is 7.90. The molecule has 0 bridgehead atoms. The van der Waals surface area contributed by atoms with Crippen LogP contribution in [0.2, 0.25) is 0 Å². The van der Waals surface area contributed by atoms with Gasteiger partial charge in [0.05, 0.1) is 5.75 Å². The van der Waals surface area contributed by atoms with Crippen LogP contribution >= 0.6 is 0 Å². The number of rotatable bonds is 6. The van der Waals surface area contributed by atoms with E-state index in [0.29, 0.717) is 5.75 Å². The Hall–Kier alpha value is -0.0900. The van der Waals surface area contributed by atoms with E-state index in [2.05, 4.69) is 12.2 Å². The van der Waals surface area contributed by atoms with Crippen molar-refractivity contribution in [2.24, 2.45) is 11.3 Å². The molecule has 84 valence electrons. The van der Waals surface area contributed by atoms with Crippen LogP contribution in [0.3, 0.4) is 0 Å². The molecular formula is C10H21NO2S. The molecule has 1 aliphatic carbocycles. The number of hydrogen-bond acceptors (Lipinski definition) is 3. The molecule has 0 aromatic heterocycles. The maximum Gasteiger partial charge on any atom is 0.147 e. The Kier molecular flexibility index (Phi) is 3.58. The molecule has 1 rings (SSSR count). The molecule has 4 heteroatoms. The summed E-state index contributed by atoms with van der Waals surface area (Å²) in [5, 5.41) is 3.17. The molecule has 1 atom stereocenters. The van der Waals surface area contributed by atoms with Crippen molar-refractivity contribution in [1.29, 1.82) is 0 Å². The molecule has 0 aromatic rings. The monoisotopic (exact) mass is 219 g/mol. The molecular weight excluding hydrogens is 198 g/mol. The maximum absolute atomic E-state index is 11.1. The third-order valence-electron chi connectivity index (χ3n) is 3.19. The van der Waals surface area contributed by atoms with Gasteiger partial charge in [-0.05, 0) is 37.6 Å². The Morgan fingerprint density at radius 3 is 2.36 bits per heavy atom. The molecule has 1 aliphatic rings. The van der Waals surface area contributed by atoms with Gasteiger partial charge in [0.15, 0.2) is 0 Å². The summed E-state index contributed by atoms with van der Waals surface area (Å²) in [5.41, 5.74) is 0.178. The zero-order valence-electron chi connectivity index (χ0n) is 9.34. The van der Waals surface area contributed by atoms with E-state index in [4.69, 9.17) is 0 Å². The lowest BCUT2D eigenvalue weighted by Gasteiger charge is -2.29. The van der Waals surface area contributed by atoms with Gasteiger partial charge < -0.3 is 5.32 Å². The molecule has 0 saturated heterocycles. The van der Waals surface area contributed by atoms with Crippen molar-refractivity contribution in [1.82, 2.24) is 5.32 Å². The summed E-state index contributed by atoms with van der Waals surface area (Å²) in [6.07, 6.45) is 4.64. The third-order valence-corrected chi connectivity index (χ3v) is 4.13. The number of nitrogens with one attached hydrogen (secondary N) is 1. The van der Waals surface area contributed by atoms with Crippen molar-refractivity contribution < 1.29 is 8.42 Å². The minimum absolute atomic E-state index is 0.178. The largest absolute Gasteiger partial charge is 0.319 e. The average Bonchev–Trinajstić information content (AvgIpc) is 2.82. The van der Waals surface area contributed by atoms with Gasteiger partial charge in [-0.3, -0.25) is 0 Å². The molecule has 1 fully saturated rings. The van der Waals surface area contributed by atoms with Gasteiger partial charge in [-0.25, -0.2) is 8.42 Å². The third kappa shape index (κ3) is 3.58. The maximum atomic E-state index is 11.1. The number of sulfone groups is 1. The second-order valence-corrected chi connectivity index (χ2v) is 7.10. The van der Waals surface area contributed by atoms with E-state index in [-0.39, 0.29) is 5.41 Å². The summed E-state index contributed by atoms with van der Waals surface area (Å²) < 4.78 is 22.2. The fraction of sp³-hybridized carbons (Fsp3) is 1.00. The van der Waals surface area contributed by atoms with E-state index in [1.54, 1.807) is 0 Å². The summed E-state index contributed by atoms with van der Waals surface area (Å²) in [6, 6.07) is 0. The van der Waals surface area contributed by atoms with Crippen LogP contribution in [-0.2, 0) is 9.84 Å². The van der Waals surface area contributed by atoms with Gasteiger partial charge in [-0.1, -0.05) is 6.92 Å². The van der Waals surface area contributed by atoms with Gasteiger partial charge in [-0.2, -0.15) is 0 Å². The zero-order valence-corrected chi connectivity index (χ0v) is 10.2. The highest BCUT2D eigenvalue weighted by Crippen LogP contribution is 2.47. The van der Waals surface area contributed by atoms with Crippen LogP contribution in [-0.4, -0.2) is 34.0 Å². The Labute approximate surface area is 87.2 Å². The lowest BCUT2D eigenvalue weighted by Crippen LogP contribution is -2.33. The molecule has 0 aliphatic heterocycles. The van der Waals surface area contributed by atoms with Crippen molar-refractivity contribution >= 4 is 9.84 Å². The van der Waals surface area contributed by atoms with E-state index in [0.717, 1.165) is 18.9 Å². The van der Waals surface area contributed by atoms with Crippen molar-refractivity contribution in [3.05, 3.63) is 0 Å². The summed E-state index contributed by atoms with van der Waals surface area (Å²) in [6.45, 7) is 3.12. The van der Waals surface area contributed by atoms with Gasteiger partial charge >= 0.3 is 0 Å². The Morgan fingerprint density at radius 1 is 1.43 bits per heavy atom. The fourth-order valence-corrected chi connectivity index (χ4v) is 2.88. The second-order valence-electron chi connectivity index (χ2n) is 4.84. The summed E-state index contributed by atoms with van der Waals surface area (Å²) in [7, 11) is -0.878. The predicted octanol–water partition coefficient (Wildman–Crippen LogP) is 1.06. The van der Waals surface area contributed by atoms with E-state index in [1.165, 1.54) is 19.1 Å². The van der Waals surface area contributed by atoms with Crippen molar-refractivity contribution in [3.8, 4) is 0 Å². The van der Waals surface area contributed by atoms with E-state index >= 15 is 0 Å². The van der Waals surface area contributed by atoms with E-state index in [1.807, 2.05) is 7.05 Å². The fourth-order valence-electron chi connectivity index (χ4n) is 2.04. The van der Waals surface area contributed by atoms with Crippen molar-refractivity contribution in [2.45, 2.75) is 26.2 Å². The molecule has 0 amide bonds.